The minimum absolute atomic E-state index is 0.159. The first kappa shape index (κ1) is 16.9. The number of hydrogen-bond acceptors (Lipinski definition) is 4. The number of nitrogens with zero attached hydrogens (tertiary/aromatic N) is 3. The van der Waals surface area contributed by atoms with E-state index in [2.05, 4.69) is 5.10 Å². The Morgan fingerprint density at radius 1 is 1.08 bits per heavy atom. The Balaban J connectivity index is 2.07. The second kappa shape index (κ2) is 6.14. The fraction of sp³-hybridized carbons (Fsp3) is 0.412. The quantitative estimate of drug-likeness (QED) is 0.854. The van der Waals surface area contributed by atoms with E-state index in [1.165, 1.54) is 8.99 Å². The van der Waals surface area contributed by atoms with Gasteiger partial charge >= 0.3 is 0 Å². The van der Waals surface area contributed by atoms with E-state index in [9.17, 15) is 13.2 Å². The van der Waals surface area contributed by atoms with Crippen molar-refractivity contribution in [1.29, 1.82) is 0 Å². The van der Waals surface area contributed by atoms with Crippen LogP contribution in [0.3, 0.4) is 0 Å². The van der Waals surface area contributed by atoms with Gasteiger partial charge in [-0.15, -0.1) is 0 Å². The third-order valence-electron chi connectivity index (χ3n) is 4.46. The van der Waals surface area contributed by atoms with Gasteiger partial charge in [0.05, 0.1) is 11.4 Å². The molecule has 24 heavy (non-hydrogen) atoms. The zero-order valence-electron chi connectivity index (χ0n) is 14.1. The van der Waals surface area contributed by atoms with Crippen molar-refractivity contribution in [2.75, 3.05) is 13.1 Å². The van der Waals surface area contributed by atoms with E-state index in [-0.39, 0.29) is 10.8 Å². The molecular formula is C17H21N3O3S. The largest absolute Gasteiger partial charge is 0.278 e. The van der Waals surface area contributed by atoms with E-state index < -0.39 is 10.0 Å². The lowest BCUT2D eigenvalue weighted by molar-refractivity contribution is 0.0941. The van der Waals surface area contributed by atoms with Crippen LogP contribution >= 0.6 is 0 Å². The lowest BCUT2D eigenvalue weighted by Crippen LogP contribution is -2.29. The predicted octanol–water partition coefficient (Wildman–Crippen LogP) is 2.28. The third-order valence-corrected chi connectivity index (χ3v) is 6.61. The highest BCUT2D eigenvalue weighted by molar-refractivity contribution is 7.89. The molecule has 1 aliphatic heterocycles. The van der Waals surface area contributed by atoms with Crippen LogP contribution < -0.4 is 0 Å². The van der Waals surface area contributed by atoms with E-state index in [1.807, 2.05) is 19.1 Å². The lowest BCUT2D eigenvalue weighted by Gasteiger charge is -2.15. The van der Waals surface area contributed by atoms with Crippen LogP contribution in [-0.2, 0) is 10.0 Å². The number of carbonyl (C=O) groups excluding carboxylic acids is 1. The van der Waals surface area contributed by atoms with Gasteiger partial charge in [-0.05, 0) is 45.2 Å². The van der Waals surface area contributed by atoms with Crippen LogP contribution in [0.15, 0.2) is 29.2 Å². The van der Waals surface area contributed by atoms with Crippen LogP contribution in [0.5, 0.6) is 0 Å². The summed E-state index contributed by atoms with van der Waals surface area (Å²) in [7, 11) is -3.61. The Labute approximate surface area is 142 Å². The van der Waals surface area contributed by atoms with Crippen molar-refractivity contribution in [3.8, 4) is 0 Å². The summed E-state index contributed by atoms with van der Waals surface area (Å²) in [6.07, 6.45) is 1.74. The maximum absolute atomic E-state index is 12.9. The summed E-state index contributed by atoms with van der Waals surface area (Å²) in [6.45, 7) is 6.17. The minimum Gasteiger partial charge on any atom is -0.267 e. The highest BCUT2D eigenvalue weighted by atomic mass is 32.2. The van der Waals surface area contributed by atoms with E-state index >= 15 is 0 Å². The molecule has 0 atom stereocenters. The SMILES string of the molecule is Cc1ccccc1C(=O)n1nc(C)c(S(=O)(=O)N2CCCC2)c1C. The second-order valence-corrected chi connectivity index (χ2v) is 8.02. The summed E-state index contributed by atoms with van der Waals surface area (Å²) >= 11 is 0. The highest BCUT2D eigenvalue weighted by Gasteiger charge is 2.33. The smallest absolute Gasteiger partial charge is 0.267 e. The molecule has 0 bridgehead atoms. The molecule has 1 fully saturated rings. The molecule has 2 aromatic rings. The number of aromatic nitrogens is 2. The molecule has 1 aromatic heterocycles. The van der Waals surface area contributed by atoms with Gasteiger partial charge in [-0.3, -0.25) is 4.79 Å². The summed E-state index contributed by atoms with van der Waals surface area (Å²) < 4.78 is 28.4. The molecule has 3 rings (SSSR count). The van der Waals surface area contributed by atoms with E-state index in [4.69, 9.17) is 0 Å². The average Bonchev–Trinajstić information content (AvgIpc) is 3.16. The molecule has 0 aliphatic carbocycles. The van der Waals surface area contributed by atoms with Crippen LogP contribution in [0.2, 0.25) is 0 Å². The van der Waals surface area contributed by atoms with Gasteiger partial charge in [-0.1, -0.05) is 18.2 Å². The first-order valence-corrected chi connectivity index (χ1v) is 9.44. The maximum atomic E-state index is 12.9. The Morgan fingerprint density at radius 2 is 1.71 bits per heavy atom. The number of benzene rings is 1. The number of hydrogen-bond donors (Lipinski definition) is 0. The van der Waals surface area contributed by atoms with Crippen LogP contribution in [0.4, 0.5) is 0 Å². The molecule has 0 spiro atoms. The van der Waals surface area contributed by atoms with Gasteiger partial charge in [0.1, 0.15) is 4.90 Å². The molecule has 2 heterocycles. The first-order chi connectivity index (χ1) is 11.3. The average molecular weight is 347 g/mol. The van der Waals surface area contributed by atoms with Crippen LogP contribution in [0, 0.1) is 20.8 Å². The fourth-order valence-electron chi connectivity index (χ4n) is 3.18. The van der Waals surface area contributed by atoms with Crippen LogP contribution in [0.25, 0.3) is 0 Å². The van der Waals surface area contributed by atoms with Gasteiger partial charge in [0.15, 0.2) is 0 Å². The Hall–Kier alpha value is -1.99. The van der Waals surface area contributed by atoms with E-state index in [0.29, 0.717) is 30.0 Å². The Kier molecular flexibility index (Phi) is 4.31. The zero-order chi connectivity index (χ0) is 17.5. The molecule has 0 unspecified atom stereocenters. The van der Waals surface area contributed by atoms with E-state index in [0.717, 1.165) is 18.4 Å². The van der Waals surface area contributed by atoms with Crippen molar-refractivity contribution in [3.63, 3.8) is 0 Å². The second-order valence-electron chi connectivity index (χ2n) is 6.14. The number of carbonyl (C=O) groups is 1. The molecule has 0 N–H and O–H groups in total. The molecular weight excluding hydrogens is 326 g/mol. The zero-order valence-corrected chi connectivity index (χ0v) is 14.9. The monoisotopic (exact) mass is 347 g/mol. The first-order valence-electron chi connectivity index (χ1n) is 8.00. The van der Waals surface area contributed by atoms with Gasteiger partial charge in [0, 0.05) is 18.7 Å². The van der Waals surface area contributed by atoms with Crippen molar-refractivity contribution in [2.24, 2.45) is 0 Å². The van der Waals surface area contributed by atoms with Gasteiger partial charge < -0.3 is 0 Å². The molecule has 7 heteroatoms. The Morgan fingerprint density at radius 3 is 2.33 bits per heavy atom. The van der Waals surface area contributed by atoms with Crippen molar-refractivity contribution in [1.82, 2.24) is 14.1 Å². The molecule has 1 aliphatic rings. The standard InChI is InChI=1S/C17H21N3O3S/c1-12-8-4-5-9-15(12)17(21)20-14(3)16(13(2)18-20)24(22,23)19-10-6-7-11-19/h4-5,8-9H,6-7,10-11H2,1-3H3. The molecule has 0 amide bonds. The maximum Gasteiger partial charge on any atom is 0.278 e. The summed E-state index contributed by atoms with van der Waals surface area (Å²) in [6, 6.07) is 7.22. The summed E-state index contributed by atoms with van der Waals surface area (Å²) in [5.74, 6) is -0.309. The van der Waals surface area contributed by atoms with Gasteiger partial charge in [0.2, 0.25) is 10.0 Å². The fourth-order valence-corrected chi connectivity index (χ4v) is 5.06. The van der Waals surface area contributed by atoms with Crippen LogP contribution in [0.1, 0.15) is 40.2 Å². The summed E-state index contributed by atoms with van der Waals surface area (Å²) in [5.41, 5.74) is 2.08. The molecule has 1 saturated heterocycles. The number of sulfonamides is 1. The topological polar surface area (TPSA) is 72.3 Å². The van der Waals surface area contributed by atoms with Gasteiger partial charge in [-0.25, -0.2) is 8.42 Å². The molecule has 128 valence electrons. The summed E-state index contributed by atoms with van der Waals surface area (Å²) in [4.78, 5) is 13.0. The van der Waals surface area contributed by atoms with Crippen molar-refractivity contribution in [2.45, 2.75) is 38.5 Å². The van der Waals surface area contributed by atoms with Crippen LogP contribution in [-0.4, -0.2) is 41.5 Å². The number of rotatable bonds is 3. The van der Waals surface area contributed by atoms with Crippen molar-refractivity contribution in [3.05, 3.63) is 46.8 Å². The molecule has 0 radical (unpaired) electrons. The number of aryl methyl sites for hydroxylation is 2. The van der Waals surface area contributed by atoms with Crippen molar-refractivity contribution < 1.29 is 13.2 Å². The predicted molar refractivity (Wildman–Crippen MR) is 90.6 cm³/mol. The molecule has 6 nitrogen and oxygen atoms in total. The minimum atomic E-state index is -3.61. The summed E-state index contributed by atoms with van der Waals surface area (Å²) in [5, 5.41) is 4.23. The molecule has 0 saturated carbocycles. The van der Waals surface area contributed by atoms with Gasteiger partial charge in [0.25, 0.3) is 5.91 Å². The van der Waals surface area contributed by atoms with E-state index in [1.54, 1.807) is 26.0 Å². The lowest BCUT2D eigenvalue weighted by atomic mass is 10.1. The third kappa shape index (κ3) is 2.67. The Bertz CT molecular complexity index is 894. The van der Waals surface area contributed by atoms with Crippen molar-refractivity contribution >= 4 is 15.9 Å². The molecule has 1 aromatic carbocycles. The van der Waals surface area contributed by atoms with Gasteiger partial charge in [-0.2, -0.15) is 14.1 Å². The normalized spacial score (nSPS) is 15.8. The highest BCUT2D eigenvalue weighted by Crippen LogP contribution is 2.27.